The summed E-state index contributed by atoms with van der Waals surface area (Å²) in [7, 11) is 0. The second kappa shape index (κ2) is 17.8. The zero-order valence-electron chi connectivity index (χ0n) is 23.7. The van der Waals surface area contributed by atoms with Crippen molar-refractivity contribution in [3.63, 3.8) is 0 Å². The molecule has 0 unspecified atom stereocenters. The largest absolute Gasteiger partial charge is 0.480 e. The van der Waals surface area contributed by atoms with Crippen LogP contribution in [0.1, 0.15) is 37.8 Å². The summed E-state index contributed by atoms with van der Waals surface area (Å²) < 4.78 is 0. The number of hydrogen-bond donors (Lipinski definition) is 5. The fraction of sp³-hybridized carbons (Fsp3) is 0.433. The maximum absolute atomic E-state index is 13.5. The summed E-state index contributed by atoms with van der Waals surface area (Å²) in [5, 5.41) is 20.4. The molecule has 0 spiro atoms. The molecule has 0 saturated carbocycles. The number of nitrogens with one attached hydrogen (secondary N) is 4. The van der Waals surface area contributed by atoms with Gasteiger partial charge in [0, 0.05) is 12.8 Å². The van der Waals surface area contributed by atoms with Crippen LogP contribution in [-0.4, -0.2) is 71.4 Å². The SMILES string of the molecule is CSCC[C@H](NC=O)C(=O)N[C@H](CC(C)C)C(=O)N[C@@H](Cc1ccccc1)C(=O)N[C@@H](Cc1ccccc1)C(=O)O. The highest BCUT2D eigenvalue weighted by Gasteiger charge is 2.31. The van der Waals surface area contributed by atoms with Crippen molar-refractivity contribution in [2.45, 2.75) is 63.7 Å². The van der Waals surface area contributed by atoms with Crippen LogP contribution in [0, 0.1) is 5.92 Å². The Morgan fingerprint density at radius 1 is 0.756 bits per heavy atom. The Bertz CT molecular complexity index is 1130. The Morgan fingerprint density at radius 3 is 1.71 bits per heavy atom. The van der Waals surface area contributed by atoms with Gasteiger partial charge in [-0.15, -0.1) is 0 Å². The van der Waals surface area contributed by atoms with Crippen LogP contribution in [0.2, 0.25) is 0 Å². The molecular weight excluding hydrogens is 544 g/mol. The van der Waals surface area contributed by atoms with Crippen LogP contribution in [0.5, 0.6) is 0 Å². The molecule has 0 heterocycles. The molecule has 2 aromatic carbocycles. The predicted molar refractivity (Wildman–Crippen MR) is 159 cm³/mol. The van der Waals surface area contributed by atoms with Gasteiger partial charge in [0.2, 0.25) is 24.1 Å². The lowest BCUT2D eigenvalue weighted by molar-refractivity contribution is -0.142. The maximum atomic E-state index is 13.5. The smallest absolute Gasteiger partial charge is 0.326 e. The fourth-order valence-electron chi connectivity index (χ4n) is 4.24. The number of hydrogen-bond acceptors (Lipinski definition) is 6. The van der Waals surface area contributed by atoms with E-state index in [4.69, 9.17) is 0 Å². The number of thioether (sulfide) groups is 1. The number of aliphatic carboxylic acids is 1. The number of carboxylic acid groups (broad SMARTS) is 1. The van der Waals surface area contributed by atoms with Gasteiger partial charge >= 0.3 is 5.97 Å². The van der Waals surface area contributed by atoms with Crippen LogP contribution in [0.4, 0.5) is 0 Å². The van der Waals surface area contributed by atoms with E-state index in [-0.39, 0.29) is 18.8 Å². The van der Waals surface area contributed by atoms with Gasteiger partial charge < -0.3 is 26.4 Å². The van der Waals surface area contributed by atoms with Gasteiger partial charge in [0.25, 0.3) is 0 Å². The highest BCUT2D eigenvalue weighted by atomic mass is 32.2. The first-order valence-corrected chi connectivity index (χ1v) is 14.9. The Hall–Kier alpha value is -3.86. The van der Waals surface area contributed by atoms with E-state index < -0.39 is 47.9 Å². The fourth-order valence-corrected chi connectivity index (χ4v) is 4.71. The van der Waals surface area contributed by atoms with Crippen molar-refractivity contribution < 1.29 is 29.1 Å². The zero-order valence-corrected chi connectivity index (χ0v) is 24.5. The number of carboxylic acids is 1. The third-order valence-corrected chi connectivity index (χ3v) is 6.99. The van der Waals surface area contributed by atoms with E-state index in [2.05, 4.69) is 21.3 Å². The van der Waals surface area contributed by atoms with Gasteiger partial charge in [-0.2, -0.15) is 11.8 Å². The second-order valence-electron chi connectivity index (χ2n) is 10.1. The zero-order chi connectivity index (χ0) is 30.2. The van der Waals surface area contributed by atoms with Crippen LogP contribution in [0.3, 0.4) is 0 Å². The monoisotopic (exact) mass is 584 g/mol. The normalized spacial score (nSPS) is 13.8. The van der Waals surface area contributed by atoms with Crippen molar-refractivity contribution in [1.82, 2.24) is 21.3 Å². The molecule has 11 heteroatoms. The number of carbonyl (C=O) groups is 5. The summed E-state index contributed by atoms with van der Waals surface area (Å²) in [4.78, 5) is 63.0. The minimum absolute atomic E-state index is 0.0263. The number of benzene rings is 2. The molecule has 4 atom stereocenters. The van der Waals surface area contributed by atoms with E-state index in [9.17, 15) is 29.1 Å². The third kappa shape index (κ3) is 12.0. The summed E-state index contributed by atoms with van der Waals surface area (Å²) >= 11 is 1.53. The van der Waals surface area contributed by atoms with E-state index in [1.54, 1.807) is 48.5 Å². The molecule has 4 amide bonds. The molecule has 0 saturated heterocycles. The van der Waals surface area contributed by atoms with Crippen LogP contribution in [-0.2, 0) is 36.8 Å². The Balaban J connectivity index is 2.25. The van der Waals surface area contributed by atoms with E-state index >= 15 is 0 Å². The Kier molecular flexibility index (Phi) is 14.4. The number of carbonyl (C=O) groups excluding carboxylic acids is 4. The molecule has 0 fully saturated rings. The summed E-state index contributed by atoms with van der Waals surface area (Å²) in [6.45, 7) is 3.80. The van der Waals surface area contributed by atoms with Crippen LogP contribution in [0.25, 0.3) is 0 Å². The summed E-state index contributed by atoms with van der Waals surface area (Å²) in [6.07, 6.45) is 3.20. The molecule has 0 aliphatic heterocycles. The first kappa shape index (κ1) is 33.3. The number of amides is 4. The molecule has 10 nitrogen and oxygen atoms in total. The highest BCUT2D eigenvalue weighted by Crippen LogP contribution is 2.10. The summed E-state index contributed by atoms with van der Waals surface area (Å²) in [6, 6.07) is 13.9. The molecule has 222 valence electrons. The molecule has 2 rings (SSSR count). The first-order chi connectivity index (χ1) is 19.6. The Morgan fingerprint density at radius 2 is 1.22 bits per heavy atom. The summed E-state index contributed by atoms with van der Waals surface area (Å²) in [5.74, 6) is -2.26. The van der Waals surface area contributed by atoms with Gasteiger partial charge in [0.15, 0.2) is 0 Å². The maximum Gasteiger partial charge on any atom is 0.326 e. The molecule has 0 aliphatic rings. The lowest BCUT2D eigenvalue weighted by Gasteiger charge is -2.26. The van der Waals surface area contributed by atoms with E-state index in [1.165, 1.54) is 11.8 Å². The van der Waals surface area contributed by atoms with Crippen molar-refractivity contribution in [3.05, 3.63) is 71.8 Å². The van der Waals surface area contributed by atoms with Crippen molar-refractivity contribution >= 4 is 41.9 Å². The van der Waals surface area contributed by atoms with Gasteiger partial charge in [-0.1, -0.05) is 74.5 Å². The minimum atomic E-state index is -1.21. The molecule has 0 aromatic heterocycles. The summed E-state index contributed by atoms with van der Waals surface area (Å²) in [5.41, 5.74) is 1.50. The average Bonchev–Trinajstić information content (AvgIpc) is 2.94. The van der Waals surface area contributed by atoms with Gasteiger partial charge in [-0.3, -0.25) is 19.2 Å². The highest BCUT2D eigenvalue weighted by molar-refractivity contribution is 7.98. The van der Waals surface area contributed by atoms with E-state index in [0.29, 0.717) is 25.0 Å². The van der Waals surface area contributed by atoms with Gasteiger partial charge in [0.1, 0.15) is 24.2 Å². The van der Waals surface area contributed by atoms with Crippen molar-refractivity contribution in [1.29, 1.82) is 0 Å². The van der Waals surface area contributed by atoms with Crippen molar-refractivity contribution in [2.24, 2.45) is 5.92 Å². The molecule has 5 N–H and O–H groups in total. The quantitative estimate of drug-likeness (QED) is 0.168. The average molecular weight is 585 g/mol. The van der Waals surface area contributed by atoms with Crippen molar-refractivity contribution in [3.8, 4) is 0 Å². The molecule has 2 aromatic rings. The van der Waals surface area contributed by atoms with Crippen molar-refractivity contribution in [2.75, 3.05) is 12.0 Å². The van der Waals surface area contributed by atoms with Crippen LogP contribution in [0.15, 0.2) is 60.7 Å². The predicted octanol–water partition coefficient (Wildman–Crippen LogP) is 1.92. The first-order valence-electron chi connectivity index (χ1n) is 13.5. The number of rotatable bonds is 18. The lowest BCUT2D eigenvalue weighted by Crippen LogP contribution is -2.58. The van der Waals surface area contributed by atoms with Gasteiger partial charge in [-0.25, -0.2) is 4.79 Å². The lowest BCUT2D eigenvalue weighted by atomic mass is 10.00. The van der Waals surface area contributed by atoms with E-state index in [0.717, 1.165) is 11.1 Å². The minimum Gasteiger partial charge on any atom is -0.480 e. The molecule has 0 aliphatic carbocycles. The second-order valence-corrected chi connectivity index (χ2v) is 11.1. The molecule has 0 radical (unpaired) electrons. The van der Waals surface area contributed by atoms with Gasteiger partial charge in [0.05, 0.1) is 0 Å². The van der Waals surface area contributed by atoms with Crippen LogP contribution < -0.4 is 21.3 Å². The topological polar surface area (TPSA) is 154 Å². The standard InChI is InChI=1S/C30H40N4O6S/c1-20(2)16-24(32-27(36)23(31-19-35)14-15-41-3)28(37)33-25(17-21-10-6-4-7-11-21)29(38)34-26(30(39)40)18-22-12-8-5-9-13-22/h4-13,19-20,23-26H,14-18H2,1-3H3,(H,31,35)(H,32,36)(H,33,37)(H,34,38)(H,39,40)/t23-,24+,25-,26-/m0/s1. The van der Waals surface area contributed by atoms with Crippen LogP contribution >= 0.6 is 11.8 Å². The van der Waals surface area contributed by atoms with E-state index in [1.807, 2.05) is 32.2 Å². The van der Waals surface area contributed by atoms with Gasteiger partial charge in [-0.05, 0) is 41.9 Å². The Labute approximate surface area is 245 Å². The molecule has 0 bridgehead atoms. The molecule has 41 heavy (non-hydrogen) atoms. The third-order valence-electron chi connectivity index (χ3n) is 6.35. The molecular formula is C30H40N4O6S.